The van der Waals surface area contributed by atoms with E-state index >= 15 is 0 Å². The van der Waals surface area contributed by atoms with Crippen LogP contribution in [0, 0.1) is 0 Å². The number of hydrogen-bond donors (Lipinski definition) is 2. The molecular weight excluding hydrogens is 893 g/mol. The fraction of sp³-hybridized carbons (Fsp3) is 0.872. The zero-order valence-electron chi connectivity index (χ0n) is 45.7. The second-order valence-corrected chi connectivity index (χ2v) is 19.9. The Hall–Kier alpha value is -3.86. The van der Waals surface area contributed by atoms with Crippen LogP contribution in [0.1, 0.15) is 155 Å². The van der Waals surface area contributed by atoms with Crippen molar-refractivity contribution in [3.63, 3.8) is 0 Å². The number of amides is 5. The van der Waals surface area contributed by atoms with Crippen LogP contribution in [0.2, 0.25) is 0 Å². The monoisotopic (exact) mass is 987 g/mol. The van der Waals surface area contributed by atoms with E-state index in [9.17, 15) is 28.8 Å². The third kappa shape index (κ3) is 45.9. The smallest absolute Gasteiger partial charge is 0.419 e. The Morgan fingerprint density at radius 1 is 0.456 bits per heavy atom. The van der Waals surface area contributed by atoms with Crippen molar-refractivity contribution in [1.29, 1.82) is 0 Å². The Balaban J connectivity index is -0.000000419. The summed E-state index contributed by atoms with van der Waals surface area (Å²) in [6.45, 7) is 27.7. The Morgan fingerprint density at radius 2 is 0.735 bits per heavy atom. The molecule has 0 fully saturated rings. The molecule has 0 unspecified atom stereocenters. The fourth-order valence-electron chi connectivity index (χ4n) is 4.58. The molecule has 0 aromatic heterocycles. The van der Waals surface area contributed by atoms with Gasteiger partial charge in [0.2, 0.25) is 0 Å². The zero-order valence-corrected chi connectivity index (χ0v) is 45.7. The van der Waals surface area contributed by atoms with Crippen molar-refractivity contribution in [3.8, 4) is 0 Å². The van der Waals surface area contributed by atoms with Gasteiger partial charge in [-0.15, -0.1) is 0 Å². The number of hydrogen-bond acceptors (Lipinski definition) is 18. The summed E-state index contributed by atoms with van der Waals surface area (Å²) in [5.74, 6) is 0. The second-order valence-electron chi connectivity index (χ2n) is 19.9. The highest BCUT2D eigenvalue weighted by molar-refractivity contribution is 5.88. The zero-order chi connectivity index (χ0) is 54.0. The first-order chi connectivity index (χ1) is 31.1. The number of nitrogens with two attached hydrogens (primary N) is 1. The standard InChI is InChI=1S/C16H31NO6.C14H25NO5.C11H23NO4.C6H15NO2/c1-15(2,3)22-13(18)17(14(19)23-16(4,5)6)11-9-10-12(20-7)21-8;1-13(2,3)19-11(17)15(9-7-8-10-16)12(18)20-14(4,5)6;1-11(2,3)16-10(13)12-8-6-7-9(14-4)15-5;1-8-6(9-2)4-3-5-7/h12H,9-11H2,1-8H3;10H,7-9H2,1-6H3;9H,6-8H2,1-5H3,(H,12,13);6H,3-5,7H2,1-2H3. The van der Waals surface area contributed by atoms with Gasteiger partial charge in [0.15, 0.2) is 18.9 Å². The molecule has 0 aromatic carbocycles. The summed E-state index contributed by atoms with van der Waals surface area (Å²) in [6.07, 6.45) is 1.74. The molecule has 0 radical (unpaired) electrons. The van der Waals surface area contributed by atoms with Crippen molar-refractivity contribution >= 4 is 36.8 Å². The summed E-state index contributed by atoms with van der Waals surface area (Å²) in [5, 5.41) is 2.67. The van der Waals surface area contributed by atoms with E-state index < -0.39 is 52.4 Å². The Morgan fingerprint density at radius 3 is 1.00 bits per heavy atom. The van der Waals surface area contributed by atoms with E-state index in [0.717, 1.165) is 41.8 Å². The molecule has 404 valence electrons. The van der Waals surface area contributed by atoms with Crippen LogP contribution in [0.25, 0.3) is 0 Å². The molecule has 3 N–H and O–H groups in total. The van der Waals surface area contributed by atoms with Crippen LogP contribution >= 0.6 is 0 Å². The number of nitrogens with zero attached hydrogens (tertiary/aromatic N) is 2. The molecule has 68 heavy (non-hydrogen) atoms. The average molecular weight is 987 g/mol. The van der Waals surface area contributed by atoms with Crippen LogP contribution in [-0.2, 0) is 56.9 Å². The van der Waals surface area contributed by atoms with Gasteiger partial charge in [-0.25, -0.2) is 33.8 Å². The lowest BCUT2D eigenvalue weighted by molar-refractivity contribution is -0.108. The maximum Gasteiger partial charge on any atom is 0.419 e. The van der Waals surface area contributed by atoms with Gasteiger partial charge in [0.1, 0.15) is 34.3 Å². The van der Waals surface area contributed by atoms with E-state index in [-0.39, 0.29) is 44.5 Å². The van der Waals surface area contributed by atoms with Crippen LogP contribution in [0.3, 0.4) is 0 Å². The maximum absolute atomic E-state index is 12.2. The maximum atomic E-state index is 12.2. The van der Waals surface area contributed by atoms with Crippen molar-refractivity contribution in [2.45, 2.75) is 202 Å². The first-order valence-corrected chi connectivity index (χ1v) is 22.8. The van der Waals surface area contributed by atoms with Gasteiger partial charge in [-0.05, 0) is 143 Å². The number of unbranched alkanes of at least 4 members (excludes halogenated alkanes) is 1. The predicted octanol–water partition coefficient (Wildman–Crippen LogP) is 8.95. The first-order valence-electron chi connectivity index (χ1n) is 22.8. The molecule has 0 aliphatic rings. The number of alkyl carbamates (subject to hydrolysis) is 1. The molecule has 0 bridgehead atoms. The van der Waals surface area contributed by atoms with Gasteiger partial charge >= 0.3 is 30.5 Å². The molecule has 21 heteroatoms. The van der Waals surface area contributed by atoms with Crippen molar-refractivity contribution in [1.82, 2.24) is 15.1 Å². The summed E-state index contributed by atoms with van der Waals surface area (Å²) in [5.41, 5.74) is 2.02. The molecule has 0 heterocycles. The third-order valence-corrected chi connectivity index (χ3v) is 7.49. The van der Waals surface area contributed by atoms with E-state index in [0.29, 0.717) is 32.4 Å². The normalized spacial score (nSPS) is 11.7. The summed E-state index contributed by atoms with van der Waals surface area (Å²) >= 11 is 0. The second kappa shape index (κ2) is 37.0. The molecule has 0 spiro atoms. The third-order valence-electron chi connectivity index (χ3n) is 7.49. The molecule has 5 amide bonds. The fourth-order valence-corrected chi connectivity index (χ4v) is 4.58. The minimum atomic E-state index is -0.766. The number of carbonyl (C=O) groups excluding carboxylic acids is 6. The van der Waals surface area contributed by atoms with Crippen molar-refractivity contribution in [3.05, 3.63) is 0 Å². The van der Waals surface area contributed by atoms with E-state index in [4.69, 9.17) is 57.8 Å². The molecule has 0 atom stereocenters. The molecule has 0 aromatic rings. The lowest BCUT2D eigenvalue weighted by Gasteiger charge is -2.28. The lowest BCUT2D eigenvalue weighted by atomic mass is 10.2. The summed E-state index contributed by atoms with van der Waals surface area (Å²) in [4.78, 5) is 71.9. The quantitative estimate of drug-likeness (QED) is 0.0471. The number of imide groups is 2. The van der Waals surface area contributed by atoms with Gasteiger partial charge in [-0.1, -0.05) is 0 Å². The van der Waals surface area contributed by atoms with Gasteiger partial charge in [0.25, 0.3) is 0 Å². The highest BCUT2D eigenvalue weighted by Crippen LogP contribution is 2.17. The van der Waals surface area contributed by atoms with Crippen LogP contribution in [0.5, 0.6) is 0 Å². The van der Waals surface area contributed by atoms with Crippen LogP contribution in [0.15, 0.2) is 0 Å². The van der Waals surface area contributed by atoms with Gasteiger partial charge in [0.05, 0.1) is 0 Å². The molecule has 0 saturated carbocycles. The number of ether oxygens (including phenoxy) is 11. The molecule has 21 nitrogen and oxygen atoms in total. The number of aldehydes is 1. The molecule has 0 aliphatic heterocycles. The van der Waals surface area contributed by atoms with Gasteiger partial charge in [-0.3, -0.25) is 0 Å². The molecule has 0 saturated heterocycles. The number of carbonyl (C=O) groups is 6. The molecule has 0 aliphatic carbocycles. The van der Waals surface area contributed by atoms with E-state index in [1.54, 1.807) is 112 Å². The average Bonchev–Trinajstić information content (AvgIpc) is 3.17. The summed E-state index contributed by atoms with van der Waals surface area (Å²) < 4.78 is 56.0. The van der Waals surface area contributed by atoms with E-state index in [1.807, 2.05) is 20.8 Å². The van der Waals surface area contributed by atoms with Crippen molar-refractivity contribution in [2.75, 3.05) is 68.8 Å². The number of methoxy groups -OCH3 is 6. The number of rotatable bonds is 21. The largest absolute Gasteiger partial charge is 0.444 e. The Labute approximate surface area is 408 Å². The van der Waals surface area contributed by atoms with Crippen molar-refractivity contribution < 1.29 is 80.9 Å². The van der Waals surface area contributed by atoms with Gasteiger partial charge in [0, 0.05) is 81.6 Å². The van der Waals surface area contributed by atoms with Crippen molar-refractivity contribution in [2.24, 2.45) is 5.73 Å². The first kappa shape index (κ1) is 70.7. The van der Waals surface area contributed by atoms with Crippen LogP contribution in [-0.4, -0.2) is 162 Å². The number of nitrogens with one attached hydrogen (secondary N) is 1. The van der Waals surface area contributed by atoms with Gasteiger partial charge < -0.3 is 68.0 Å². The summed E-state index contributed by atoms with van der Waals surface area (Å²) in [7, 11) is 9.52. The Bertz CT molecular complexity index is 1300. The van der Waals surface area contributed by atoms with Gasteiger partial charge in [-0.2, -0.15) is 0 Å². The minimum Gasteiger partial charge on any atom is -0.444 e. The SMILES string of the molecule is CC(C)(C)OC(=O)N(CCCC=O)C(=O)OC(C)(C)C.COC(CCCN(C(=O)OC(C)(C)C)C(=O)OC(C)(C)C)OC.COC(CCCN)OC.COC(CCCNC(=O)OC(C)(C)C)OC. The molecular formula is C47H94N4O17. The highest BCUT2D eigenvalue weighted by Gasteiger charge is 2.32. The Kier molecular flexibility index (Phi) is 38.5. The van der Waals surface area contributed by atoms with E-state index in [1.165, 1.54) is 14.2 Å². The molecule has 0 rings (SSSR count). The van der Waals surface area contributed by atoms with E-state index in [2.05, 4.69) is 5.32 Å². The minimum absolute atomic E-state index is 0.0754. The van der Waals surface area contributed by atoms with Crippen LogP contribution < -0.4 is 11.1 Å². The predicted molar refractivity (Wildman–Crippen MR) is 258 cm³/mol. The highest BCUT2D eigenvalue weighted by atomic mass is 16.7. The topological polar surface area (TPSA) is 248 Å². The lowest BCUT2D eigenvalue weighted by Crippen LogP contribution is -2.44. The summed E-state index contributed by atoms with van der Waals surface area (Å²) in [6, 6.07) is 0. The van der Waals surface area contributed by atoms with Crippen LogP contribution in [0.4, 0.5) is 24.0 Å².